The van der Waals surface area contributed by atoms with Crippen molar-refractivity contribution in [2.45, 2.75) is 6.54 Å². The number of rotatable bonds is 4. The van der Waals surface area contributed by atoms with Crippen molar-refractivity contribution in [2.75, 3.05) is 12.4 Å². The van der Waals surface area contributed by atoms with Gasteiger partial charge in [-0.3, -0.25) is 0 Å². The van der Waals surface area contributed by atoms with Crippen LogP contribution in [0.15, 0.2) is 40.9 Å². The highest BCUT2D eigenvalue weighted by atomic mass is 79.9. The number of anilines is 1. The summed E-state index contributed by atoms with van der Waals surface area (Å²) >= 11 is 15.4. The molecule has 0 saturated carbocycles. The fourth-order valence-electron chi connectivity index (χ4n) is 1.68. The van der Waals surface area contributed by atoms with Crippen LogP contribution in [0.4, 0.5) is 5.69 Å². The third-order valence-electron chi connectivity index (χ3n) is 2.58. The molecule has 19 heavy (non-hydrogen) atoms. The fourth-order valence-corrected chi connectivity index (χ4v) is 2.64. The summed E-state index contributed by atoms with van der Waals surface area (Å²) in [4.78, 5) is 0. The normalized spacial score (nSPS) is 10.3. The Hall–Kier alpha value is -0.900. The third-order valence-corrected chi connectivity index (χ3v) is 3.71. The molecule has 0 aromatic heterocycles. The Morgan fingerprint density at radius 1 is 1.11 bits per heavy atom. The molecule has 2 rings (SSSR count). The van der Waals surface area contributed by atoms with Gasteiger partial charge >= 0.3 is 0 Å². The van der Waals surface area contributed by atoms with E-state index in [9.17, 15) is 0 Å². The van der Waals surface area contributed by atoms with E-state index in [1.54, 1.807) is 13.2 Å². The Kier molecular flexibility index (Phi) is 4.97. The Morgan fingerprint density at radius 2 is 1.79 bits per heavy atom. The predicted octanol–water partition coefficient (Wildman–Crippen LogP) is 5.38. The molecule has 0 bridgehead atoms. The van der Waals surface area contributed by atoms with Crippen LogP contribution in [0.1, 0.15) is 5.56 Å². The molecule has 0 saturated heterocycles. The smallest absolute Gasteiger partial charge is 0.121 e. The standard InChI is InChI=1S/C14H12BrCl2NO/c1-19-12-2-3-13(15)14(7-12)18-8-9-4-10(16)6-11(17)5-9/h2-7,18H,8H2,1H3. The quantitative estimate of drug-likeness (QED) is 0.790. The van der Waals surface area contributed by atoms with Crippen molar-refractivity contribution in [1.82, 2.24) is 0 Å². The van der Waals surface area contributed by atoms with Gasteiger partial charge in [-0.05, 0) is 51.8 Å². The SMILES string of the molecule is COc1ccc(Br)c(NCc2cc(Cl)cc(Cl)c2)c1. The second kappa shape index (κ2) is 6.51. The topological polar surface area (TPSA) is 21.3 Å². The molecule has 0 unspecified atom stereocenters. The summed E-state index contributed by atoms with van der Waals surface area (Å²) in [6.07, 6.45) is 0. The van der Waals surface area contributed by atoms with Crippen LogP contribution in [-0.4, -0.2) is 7.11 Å². The lowest BCUT2D eigenvalue weighted by atomic mass is 10.2. The summed E-state index contributed by atoms with van der Waals surface area (Å²) in [5.41, 5.74) is 1.97. The van der Waals surface area contributed by atoms with E-state index in [-0.39, 0.29) is 0 Å². The van der Waals surface area contributed by atoms with Gasteiger partial charge < -0.3 is 10.1 Å². The van der Waals surface area contributed by atoms with E-state index in [1.165, 1.54) is 0 Å². The van der Waals surface area contributed by atoms with E-state index in [1.807, 2.05) is 30.3 Å². The summed E-state index contributed by atoms with van der Waals surface area (Å²) in [6, 6.07) is 11.2. The van der Waals surface area contributed by atoms with Crippen molar-refractivity contribution in [3.8, 4) is 5.75 Å². The first-order valence-electron chi connectivity index (χ1n) is 5.61. The van der Waals surface area contributed by atoms with Gasteiger partial charge in [0.05, 0.1) is 12.8 Å². The van der Waals surface area contributed by atoms with Crippen LogP contribution in [0.5, 0.6) is 5.75 Å². The Bertz CT molecular complexity index is 569. The van der Waals surface area contributed by atoms with Gasteiger partial charge in [-0.1, -0.05) is 23.2 Å². The first-order chi connectivity index (χ1) is 9.08. The van der Waals surface area contributed by atoms with Crippen molar-refractivity contribution in [3.63, 3.8) is 0 Å². The Labute approximate surface area is 130 Å². The van der Waals surface area contributed by atoms with E-state index >= 15 is 0 Å². The van der Waals surface area contributed by atoms with E-state index < -0.39 is 0 Å². The molecular weight excluding hydrogens is 349 g/mol. The van der Waals surface area contributed by atoms with E-state index in [4.69, 9.17) is 27.9 Å². The number of ether oxygens (including phenoxy) is 1. The van der Waals surface area contributed by atoms with Crippen LogP contribution < -0.4 is 10.1 Å². The van der Waals surface area contributed by atoms with Gasteiger partial charge in [0.25, 0.3) is 0 Å². The molecule has 100 valence electrons. The van der Waals surface area contributed by atoms with Gasteiger partial charge in [0.2, 0.25) is 0 Å². The van der Waals surface area contributed by atoms with E-state index in [0.29, 0.717) is 16.6 Å². The first-order valence-corrected chi connectivity index (χ1v) is 7.16. The minimum absolute atomic E-state index is 0.631. The summed E-state index contributed by atoms with van der Waals surface area (Å²) in [5.74, 6) is 0.801. The van der Waals surface area contributed by atoms with Crippen molar-refractivity contribution >= 4 is 44.8 Å². The summed E-state index contributed by atoms with van der Waals surface area (Å²) in [6.45, 7) is 0.631. The molecule has 0 radical (unpaired) electrons. The molecule has 0 aliphatic heterocycles. The maximum atomic E-state index is 5.97. The lowest BCUT2D eigenvalue weighted by Gasteiger charge is -2.11. The maximum Gasteiger partial charge on any atom is 0.121 e. The Morgan fingerprint density at radius 3 is 2.42 bits per heavy atom. The summed E-state index contributed by atoms with van der Waals surface area (Å²) in [5, 5.41) is 4.58. The van der Waals surface area contributed by atoms with E-state index in [2.05, 4.69) is 21.2 Å². The highest BCUT2D eigenvalue weighted by Gasteiger charge is 2.03. The molecule has 0 heterocycles. The molecule has 2 nitrogen and oxygen atoms in total. The van der Waals surface area contributed by atoms with Crippen LogP contribution in [0.3, 0.4) is 0 Å². The third kappa shape index (κ3) is 4.03. The predicted molar refractivity (Wildman–Crippen MR) is 84.5 cm³/mol. The number of benzene rings is 2. The second-order valence-corrected chi connectivity index (χ2v) is 5.70. The average molecular weight is 361 g/mol. The number of methoxy groups -OCH3 is 1. The fraction of sp³-hybridized carbons (Fsp3) is 0.143. The van der Waals surface area contributed by atoms with Crippen LogP contribution in [0.25, 0.3) is 0 Å². The van der Waals surface area contributed by atoms with Gasteiger partial charge in [-0.25, -0.2) is 0 Å². The lowest BCUT2D eigenvalue weighted by molar-refractivity contribution is 0.415. The second-order valence-electron chi connectivity index (χ2n) is 3.98. The molecule has 0 aliphatic carbocycles. The highest BCUT2D eigenvalue weighted by molar-refractivity contribution is 9.10. The number of hydrogen-bond acceptors (Lipinski definition) is 2. The molecule has 0 amide bonds. The number of nitrogens with one attached hydrogen (secondary N) is 1. The molecule has 0 spiro atoms. The van der Waals surface area contributed by atoms with Crippen molar-refractivity contribution in [3.05, 3.63) is 56.5 Å². The molecule has 2 aromatic rings. The molecule has 2 aromatic carbocycles. The summed E-state index contributed by atoms with van der Waals surface area (Å²) in [7, 11) is 1.64. The zero-order valence-corrected chi connectivity index (χ0v) is 13.3. The van der Waals surface area contributed by atoms with Gasteiger partial charge in [0.1, 0.15) is 5.75 Å². The van der Waals surface area contributed by atoms with Crippen molar-refractivity contribution < 1.29 is 4.74 Å². The van der Waals surface area contributed by atoms with Gasteiger partial charge in [-0.2, -0.15) is 0 Å². The van der Waals surface area contributed by atoms with Crippen LogP contribution in [-0.2, 0) is 6.54 Å². The summed E-state index contributed by atoms with van der Waals surface area (Å²) < 4.78 is 6.17. The van der Waals surface area contributed by atoms with Gasteiger partial charge in [0, 0.05) is 27.1 Å². The molecule has 5 heteroatoms. The van der Waals surface area contributed by atoms with Crippen molar-refractivity contribution in [1.29, 1.82) is 0 Å². The number of hydrogen-bond donors (Lipinski definition) is 1. The minimum atomic E-state index is 0.631. The molecule has 0 aliphatic rings. The molecule has 1 N–H and O–H groups in total. The monoisotopic (exact) mass is 359 g/mol. The Balaban J connectivity index is 2.13. The van der Waals surface area contributed by atoms with Gasteiger partial charge in [0.15, 0.2) is 0 Å². The molecular formula is C14H12BrCl2NO. The lowest BCUT2D eigenvalue weighted by Crippen LogP contribution is -2.00. The zero-order chi connectivity index (χ0) is 13.8. The maximum absolute atomic E-state index is 5.97. The van der Waals surface area contributed by atoms with Crippen LogP contribution >= 0.6 is 39.1 Å². The van der Waals surface area contributed by atoms with Crippen molar-refractivity contribution in [2.24, 2.45) is 0 Å². The molecule has 0 atom stereocenters. The van der Waals surface area contributed by atoms with Crippen LogP contribution in [0.2, 0.25) is 10.0 Å². The average Bonchev–Trinajstić information content (AvgIpc) is 2.37. The van der Waals surface area contributed by atoms with Crippen LogP contribution in [0, 0.1) is 0 Å². The first kappa shape index (κ1) is 14.5. The zero-order valence-electron chi connectivity index (χ0n) is 10.2. The van der Waals surface area contributed by atoms with Gasteiger partial charge in [-0.15, -0.1) is 0 Å². The minimum Gasteiger partial charge on any atom is -0.497 e. The van der Waals surface area contributed by atoms with E-state index in [0.717, 1.165) is 21.5 Å². The highest BCUT2D eigenvalue weighted by Crippen LogP contribution is 2.28. The largest absolute Gasteiger partial charge is 0.497 e. The molecule has 0 fully saturated rings. The number of halogens is 3.